The monoisotopic (exact) mass is 609 g/mol. The molecule has 212 valence electrons. The van der Waals surface area contributed by atoms with Gasteiger partial charge in [0.2, 0.25) is 6.61 Å². The van der Waals surface area contributed by atoms with E-state index in [1.54, 1.807) is 33.2 Å². The summed E-state index contributed by atoms with van der Waals surface area (Å²) in [6.45, 7) is 4.73. The molecule has 4 heterocycles. The standard InChI is InChI=1S/C24H25ClN6O7S2/c1-24(2,3)38-13(32)10-37-29-15(14-18(25)40-23(26)28-14)19(33)27-16-20(34)31-17(22(35)36)12(11-39-21(16)31)9-30-7-5-4-6-8-30/h4-8,16,21H,9-11H2,1-3H3,(H3-,26,27,28,33,35,36)/p+1/b29-15-/t16?,21-/m1/s1. The quantitative estimate of drug-likeness (QED) is 0.123. The van der Waals surface area contributed by atoms with E-state index in [9.17, 15) is 24.3 Å². The van der Waals surface area contributed by atoms with E-state index in [2.05, 4.69) is 15.5 Å². The fraction of sp³-hybridized carbons (Fsp3) is 0.375. The lowest BCUT2D eigenvalue weighted by atomic mass is 10.0. The third kappa shape index (κ3) is 6.54. The number of nitrogens with one attached hydrogen (secondary N) is 1. The second-order valence-electron chi connectivity index (χ2n) is 9.64. The van der Waals surface area contributed by atoms with Crippen molar-refractivity contribution in [2.45, 2.75) is 44.3 Å². The van der Waals surface area contributed by atoms with Crippen LogP contribution in [-0.2, 0) is 35.3 Å². The lowest BCUT2D eigenvalue weighted by molar-refractivity contribution is -0.689. The van der Waals surface area contributed by atoms with Crippen LogP contribution in [0.15, 0.2) is 47.0 Å². The Kier molecular flexibility index (Phi) is 8.65. The van der Waals surface area contributed by atoms with Gasteiger partial charge in [0.15, 0.2) is 29.8 Å². The van der Waals surface area contributed by atoms with Crippen LogP contribution in [0.2, 0.25) is 4.34 Å². The number of hydrogen-bond acceptors (Lipinski definition) is 11. The predicted molar refractivity (Wildman–Crippen MR) is 146 cm³/mol. The number of aromatic nitrogens is 2. The van der Waals surface area contributed by atoms with Gasteiger partial charge in [-0.2, -0.15) is 0 Å². The summed E-state index contributed by atoms with van der Waals surface area (Å²) in [5.74, 6) is -3.10. The van der Waals surface area contributed by atoms with Crippen LogP contribution < -0.4 is 15.6 Å². The van der Waals surface area contributed by atoms with Crippen molar-refractivity contribution in [1.82, 2.24) is 15.2 Å². The molecule has 1 unspecified atom stereocenters. The Bertz CT molecular complexity index is 1410. The predicted octanol–water partition coefficient (Wildman–Crippen LogP) is 1.17. The fourth-order valence-corrected chi connectivity index (χ4v) is 6.21. The molecule has 0 aliphatic carbocycles. The van der Waals surface area contributed by atoms with E-state index in [0.717, 1.165) is 11.3 Å². The van der Waals surface area contributed by atoms with Crippen LogP contribution >= 0.6 is 34.7 Å². The van der Waals surface area contributed by atoms with E-state index in [1.807, 2.05) is 22.8 Å². The largest absolute Gasteiger partial charge is 0.477 e. The Morgan fingerprint density at radius 2 is 2.00 bits per heavy atom. The number of nitrogen functional groups attached to an aromatic ring is 1. The normalized spacial score (nSPS) is 19.1. The Labute approximate surface area is 242 Å². The SMILES string of the molecule is CC(C)(C)OC(=O)CO/N=C(\C(=O)NC1C(=O)N2C(C(=O)O)=C(C[n+]3ccccc3)CS[C@H]12)c1nc(N)sc1Cl. The molecule has 40 heavy (non-hydrogen) atoms. The number of ether oxygens (including phenoxy) is 1. The van der Waals surface area contributed by atoms with Crippen molar-refractivity contribution in [3.63, 3.8) is 0 Å². The summed E-state index contributed by atoms with van der Waals surface area (Å²) in [4.78, 5) is 60.8. The first kappa shape index (κ1) is 29.3. The smallest absolute Gasteiger partial charge is 0.352 e. The van der Waals surface area contributed by atoms with Crippen molar-refractivity contribution in [3.05, 3.63) is 51.9 Å². The number of pyridine rings is 1. The molecule has 0 radical (unpaired) electrons. The number of esters is 1. The molecule has 2 aromatic rings. The first-order chi connectivity index (χ1) is 18.9. The Hall–Kier alpha value is -3.69. The number of hydrogen-bond donors (Lipinski definition) is 3. The molecule has 2 aliphatic heterocycles. The number of thioether (sulfide) groups is 1. The zero-order valence-electron chi connectivity index (χ0n) is 21.6. The molecule has 0 saturated carbocycles. The van der Waals surface area contributed by atoms with Gasteiger partial charge < -0.3 is 25.7 Å². The number of β-lactam (4-membered cyclic amide) rings is 1. The van der Waals surface area contributed by atoms with Gasteiger partial charge in [-0.05, 0) is 20.8 Å². The summed E-state index contributed by atoms with van der Waals surface area (Å²) in [7, 11) is 0. The van der Waals surface area contributed by atoms with Crippen molar-refractivity contribution in [3.8, 4) is 0 Å². The van der Waals surface area contributed by atoms with E-state index < -0.39 is 53.1 Å². The maximum Gasteiger partial charge on any atom is 0.352 e. The van der Waals surface area contributed by atoms with Gasteiger partial charge in [-0.15, -0.1) is 11.8 Å². The lowest BCUT2D eigenvalue weighted by Crippen LogP contribution is -2.71. The second-order valence-corrected chi connectivity index (χ2v) is 12.4. The number of carboxylic acid groups (broad SMARTS) is 1. The van der Waals surface area contributed by atoms with Crippen molar-refractivity contribution in [2.24, 2.45) is 5.16 Å². The minimum absolute atomic E-state index is 0.0417. The van der Waals surface area contributed by atoms with Gasteiger partial charge in [0.1, 0.15) is 32.7 Å². The molecule has 2 aromatic heterocycles. The minimum atomic E-state index is -1.24. The van der Waals surface area contributed by atoms with Crippen molar-refractivity contribution < 1.29 is 38.4 Å². The fourth-order valence-electron chi connectivity index (χ4n) is 3.95. The Morgan fingerprint density at radius 3 is 2.60 bits per heavy atom. The number of oxime groups is 1. The number of carbonyl (C=O) groups is 4. The highest BCUT2D eigenvalue weighted by Crippen LogP contribution is 2.40. The summed E-state index contributed by atoms with van der Waals surface area (Å²) >= 11 is 8.40. The minimum Gasteiger partial charge on any atom is -0.477 e. The van der Waals surface area contributed by atoms with Gasteiger partial charge in [0.25, 0.3) is 11.8 Å². The number of nitrogens with zero attached hydrogens (tertiary/aromatic N) is 4. The highest BCUT2D eigenvalue weighted by Gasteiger charge is 2.55. The van der Waals surface area contributed by atoms with Gasteiger partial charge in [-0.25, -0.2) is 19.1 Å². The van der Waals surface area contributed by atoms with Gasteiger partial charge in [0, 0.05) is 23.5 Å². The van der Waals surface area contributed by atoms with E-state index >= 15 is 0 Å². The summed E-state index contributed by atoms with van der Waals surface area (Å²) in [5.41, 5.74) is 4.90. The van der Waals surface area contributed by atoms with E-state index in [4.69, 9.17) is 26.9 Å². The molecule has 0 bridgehead atoms. The molecule has 1 saturated heterocycles. The van der Waals surface area contributed by atoms with Gasteiger partial charge >= 0.3 is 11.9 Å². The lowest BCUT2D eigenvalue weighted by Gasteiger charge is -2.49. The molecular weight excluding hydrogens is 584 g/mol. The maximum absolute atomic E-state index is 13.3. The third-order valence-corrected chi connectivity index (χ3v) is 7.91. The molecule has 0 spiro atoms. The maximum atomic E-state index is 13.3. The van der Waals surface area contributed by atoms with E-state index in [0.29, 0.717) is 17.9 Å². The molecule has 4 N–H and O–H groups in total. The summed E-state index contributed by atoms with van der Waals surface area (Å²) in [6.07, 6.45) is 3.60. The number of fused-ring (bicyclic) bond motifs is 1. The second kappa shape index (κ2) is 11.8. The van der Waals surface area contributed by atoms with Crippen LogP contribution in [0, 0.1) is 0 Å². The zero-order valence-corrected chi connectivity index (χ0v) is 24.0. The van der Waals surface area contributed by atoms with Gasteiger partial charge in [-0.1, -0.05) is 34.2 Å². The van der Waals surface area contributed by atoms with Gasteiger partial charge in [0.05, 0.1) is 0 Å². The van der Waals surface area contributed by atoms with Crippen LogP contribution in [0.4, 0.5) is 5.13 Å². The topological polar surface area (TPSA) is 177 Å². The number of carbonyl (C=O) groups excluding carboxylic acids is 3. The number of carboxylic acids is 1. The van der Waals surface area contributed by atoms with Crippen LogP contribution in [0.1, 0.15) is 26.5 Å². The highest BCUT2D eigenvalue weighted by molar-refractivity contribution is 8.00. The highest BCUT2D eigenvalue weighted by atomic mass is 35.5. The summed E-state index contributed by atoms with van der Waals surface area (Å²) in [6, 6.07) is 4.43. The third-order valence-electron chi connectivity index (χ3n) is 5.49. The number of thiazole rings is 1. The van der Waals surface area contributed by atoms with Crippen LogP contribution in [-0.4, -0.2) is 73.8 Å². The van der Waals surface area contributed by atoms with Crippen molar-refractivity contribution in [2.75, 3.05) is 18.1 Å². The molecule has 0 aromatic carbocycles. The Balaban J connectivity index is 1.52. The zero-order chi connectivity index (χ0) is 29.2. The molecule has 2 amide bonds. The molecule has 13 nitrogen and oxygen atoms in total. The molecule has 2 aliphatic rings. The van der Waals surface area contributed by atoms with Crippen molar-refractivity contribution >= 4 is 69.3 Å². The first-order valence-corrected chi connectivity index (χ1v) is 14.1. The Morgan fingerprint density at radius 1 is 1.30 bits per heavy atom. The van der Waals surface area contributed by atoms with E-state index in [-0.39, 0.29) is 20.9 Å². The van der Waals surface area contributed by atoms with Crippen LogP contribution in [0.25, 0.3) is 0 Å². The average molecular weight is 610 g/mol. The average Bonchev–Trinajstić information content (AvgIpc) is 3.21. The van der Waals surface area contributed by atoms with E-state index in [1.165, 1.54) is 16.7 Å². The number of rotatable bonds is 9. The van der Waals surface area contributed by atoms with Crippen LogP contribution in [0.3, 0.4) is 0 Å². The molecular formula is C24H26ClN6O7S2+. The van der Waals surface area contributed by atoms with Crippen LogP contribution in [0.5, 0.6) is 0 Å². The van der Waals surface area contributed by atoms with Crippen molar-refractivity contribution in [1.29, 1.82) is 0 Å². The number of amides is 2. The molecule has 16 heteroatoms. The first-order valence-electron chi connectivity index (χ1n) is 11.8. The molecule has 1 fully saturated rings. The number of halogens is 1. The molecule has 2 atom stereocenters. The number of anilines is 1. The molecule has 4 rings (SSSR count). The summed E-state index contributed by atoms with van der Waals surface area (Å²) in [5, 5.41) is 15.6. The number of nitrogens with two attached hydrogens (primary N) is 1. The van der Waals surface area contributed by atoms with Gasteiger partial charge in [-0.3, -0.25) is 14.5 Å². The number of aliphatic carboxylic acids is 1. The summed E-state index contributed by atoms with van der Waals surface area (Å²) < 4.78 is 7.01.